The lowest BCUT2D eigenvalue weighted by molar-refractivity contribution is -0.123. The lowest BCUT2D eigenvalue weighted by atomic mass is 10.2. The Morgan fingerprint density at radius 2 is 1.57 bits per heavy atom. The Balaban J connectivity index is 1.76. The van der Waals surface area contributed by atoms with E-state index in [1.807, 2.05) is 0 Å². The average molecular weight is 379 g/mol. The minimum Gasteiger partial charge on any atom is -0.497 e. The van der Waals surface area contributed by atoms with Gasteiger partial charge < -0.3 is 9.47 Å². The van der Waals surface area contributed by atoms with Crippen molar-refractivity contribution in [3.8, 4) is 11.5 Å². The van der Waals surface area contributed by atoms with E-state index < -0.39 is 11.8 Å². The molecule has 0 spiro atoms. The molecule has 0 unspecified atom stereocenters. The van der Waals surface area contributed by atoms with E-state index >= 15 is 0 Å². The van der Waals surface area contributed by atoms with E-state index in [2.05, 4.69) is 26.8 Å². The number of benzene rings is 2. The van der Waals surface area contributed by atoms with Gasteiger partial charge in [-0.1, -0.05) is 15.9 Å². The molecule has 0 saturated heterocycles. The number of hydrazine groups is 1. The van der Waals surface area contributed by atoms with Crippen molar-refractivity contribution in [2.75, 3.05) is 13.7 Å². The van der Waals surface area contributed by atoms with E-state index in [0.29, 0.717) is 17.1 Å². The molecule has 0 atom stereocenters. The summed E-state index contributed by atoms with van der Waals surface area (Å²) in [4.78, 5) is 23.5. The number of carbonyl (C=O) groups is 2. The third-order valence-electron chi connectivity index (χ3n) is 2.85. The molecule has 23 heavy (non-hydrogen) atoms. The second kappa shape index (κ2) is 8.19. The van der Waals surface area contributed by atoms with Crippen LogP contribution in [-0.2, 0) is 4.79 Å². The number of hydrogen-bond acceptors (Lipinski definition) is 4. The number of carbonyl (C=O) groups excluding carboxylic acids is 2. The molecule has 0 aliphatic rings. The van der Waals surface area contributed by atoms with Gasteiger partial charge in [0.2, 0.25) is 0 Å². The smallest absolute Gasteiger partial charge is 0.276 e. The summed E-state index contributed by atoms with van der Waals surface area (Å²) in [6, 6.07) is 13.6. The molecule has 0 aliphatic heterocycles. The zero-order chi connectivity index (χ0) is 16.7. The third kappa shape index (κ3) is 5.30. The molecule has 7 heteroatoms. The zero-order valence-electron chi connectivity index (χ0n) is 12.3. The van der Waals surface area contributed by atoms with E-state index in [0.717, 1.165) is 4.47 Å². The first-order chi connectivity index (χ1) is 11.1. The highest BCUT2D eigenvalue weighted by Crippen LogP contribution is 2.15. The van der Waals surface area contributed by atoms with Crippen LogP contribution in [-0.4, -0.2) is 25.5 Å². The van der Waals surface area contributed by atoms with E-state index in [9.17, 15) is 9.59 Å². The monoisotopic (exact) mass is 378 g/mol. The second-order valence-electron chi connectivity index (χ2n) is 4.47. The van der Waals surface area contributed by atoms with Crippen LogP contribution in [0.4, 0.5) is 0 Å². The summed E-state index contributed by atoms with van der Waals surface area (Å²) >= 11 is 3.31. The summed E-state index contributed by atoms with van der Waals surface area (Å²) in [5.41, 5.74) is 5.00. The summed E-state index contributed by atoms with van der Waals surface area (Å²) in [7, 11) is 1.54. The second-order valence-corrected chi connectivity index (χ2v) is 5.39. The molecular weight excluding hydrogens is 364 g/mol. The normalized spacial score (nSPS) is 9.83. The molecular formula is C16H15BrN2O4. The summed E-state index contributed by atoms with van der Waals surface area (Å²) < 4.78 is 11.2. The van der Waals surface area contributed by atoms with Crippen LogP contribution in [0.1, 0.15) is 10.4 Å². The van der Waals surface area contributed by atoms with Crippen LogP contribution in [0.25, 0.3) is 0 Å². The molecule has 120 valence electrons. The maximum atomic E-state index is 11.8. The maximum Gasteiger partial charge on any atom is 0.276 e. The predicted molar refractivity (Wildman–Crippen MR) is 88.2 cm³/mol. The Kier molecular flexibility index (Phi) is 5.99. The fraction of sp³-hybridized carbons (Fsp3) is 0.125. The highest BCUT2D eigenvalue weighted by molar-refractivity contribution is 9.10. The van der Waals surface area contributed by atoms with E-state index in [1.54, 1.807) is 55.6 Å². The fourth-order valence-electron chi connectivity index (χ4n) is 1.66. The first-order valence-electron chi connectivity index (χ1n) is 6.70. The van der Waals surface area contributed by atoms with Crippen LogP contribution >= 0.6 is 15.9 Å². The lowest BCUT2D eigenvalue weighted by Gasteiger charge is -2.09. The number of ether oxygens (including phenoxy) is 2. The van der Waals surface area contributed by atoms with Crippen LogP contribution in [0, 0.1) is 0 Å². The van der Waals surface area contributed by atoms with Crippen molar-refractivity contribution in [2.24, 2.45) is 0 Å². The summed E-state index contributed by atoms with van der Waals surface area (Å²) in [6.45, 7) is -0.204. The van der Waals surface area contributed by atoms with Gasteiger partial charge in [0.25, 0.3) is 11.8 Å². The van der Waals surface area contributed by atoms with Crippen LogP contribution in [0.3, 0.4) is 0 Å². The van der Waals surface area contributed by atoms with Crippen LogP contribution < -0.4 is 20.3 Å². The van der Waals surface area contributed by atoms with Crippen LogP contribution in [0.15, 0.2) is 53.0 Å². The van der Waals surface area contributed by atoms with Crippen molar-refractivity contribution in [3.63, 3.8) is 0 Å². The Hall–Kier alpha value is -2.54. The molecule has 0 heterocycles. The van der Waals surface area contributed by atoms with Gasteiger partial charge in [0.05, 0.1) is 7.11 Å². The number of methoxy groups -OCH3 is 1. The van der Waals surface area contributed by atoms with E-state index in [1.165, 1.54) is 0 Å². The van der Waals surface area contributed by atoms with Gasteiger partial charge in [0.1, 0.15) is 11.5 Å². The van der Waals surface area contributed by atoms with Gasteiger partial charge in [-0.05, 0) is 48.5 Å². The first kappa shape index (κ1) is 16.8. The Bertz CT molecular complexity index is 671. The SMILES string of the molecule is COc1ccc(C(=O)NNC(=O)COc2ccc(Br)cc2)cc1. The van der Waals surface area contributed by atoms with Crippen molar-refractivity contribution < 1.29 is 19.1 Å². The third-order valence-corrected chi connectivity index (χ3v) is 3.38. The standard InChI is InChI=1S/C16H15BrN2O4/c1-22-13-6-2-11(3-7-13)16(21)19-18-15(20)10-23-14-8-4-12(17)5-9-14/h2-9H,10H2,1H3,(H,18,20)(H,19,21). The minimum atomic E-state index is -0.463. The summed E-state index contributed by atoms with van der Waals surface area (Å²) in [6.07, 6.45) is 0. The molecule has 0 bridgehead atoms. The molecule has 0 aliphatic carbocycles. The number of hydrogen-bond donors (Lipinski definition) is 2. The van der Waals surface area contributed by atoms with Gasteiger partial charge in [0, 0.05) is 10.0 Å². The minimum absolute atomic E-state index is 0.204. The highest BCUT2D eigenvalue weighted by Gasteiger charge is 2.08. The molecule has 2 amide bonds. The Morgan fingerprint density at radius 3 is 2.17 bits per heavy atom. The van der Waals surface area contributed by atoms with Gasteiger partial charge >= 0.3 is 0 Å². The van der Waals surface area contributed by atoms with E-state index in [-0.39, 0.29) is 6.61 Å². The number of amides is 2. The molecule has 6 nitrogen and oxygen atoms in total. The first-order valence-corrected chi connectivity index (χ1v) is 7.49. The van der Waals surface area contributed by atoms with Crippen LogP contribution in [0.2, 0.25) is 0 Å². The molecule has 2 N–H and O–H groups in total. The van der Waals surface area contributed by atoms with Gasteiger partial charge in [0.15, 0.2) is 6.61 Å². The van der Waals surface area contributed by atoms with Gasteiger partial charge in [-0.25, -0.2) is 0 Å². The summed E-state index contributed by atoms with van der Waals surface area (Å²) in [5.74, 6) is 0.317. The Labute approximate surface area is 141 Å². The number of nitrogens with one attached hydrogen (secondary N) is 2. The molecule has 0 aromatic heterocycles. The molecule has 0 radical (unpaired) electrons. The lowest BCUT2D eigenvalue weighted by Crippen LogP contribution is -2.43. The van der Waals surface area contributed by atoms with E-state index in [4.69, 9.17) is 9.47 Å². The zero-order valence-corrected chi connectivity index (χ0v) is 13.9. The van der Waals surface area contributed by atoms with Crippen molar-refractivity contribution in [2.45, 2.75) is 0 Å². The quantitative estimate of drug-likeness (QED) is 0.782. The van der Waals surface area contributed by atoms with Crippen molar-refractivity contribution in [1.82, 2.24) is 10.9 Å². The average Bonchev–Trinajstić information content (AvgIpc) is 2.59. The van der Waals surface area contributed by atoms with Gasteiger partial charge in [-0.15, -0.1) is 0 Å². The van der Waals surface area contributed by atoms with Crippen molar-refractivity contribution in [3.05, 3.63) is 58.6 Å². The number of halogens is 1. The maximum absolute atomic E-state index is 11.8. The largest absolute Gasteiger partial charge is 0.497 e. The topological polar surface area (TPSA) is 76.7 Å². The van der Waals surface area contributed by atoms with Gasteiger partial charge in [-0.3, -0.25) is 20.4 Å². The molecule has 0 fully saturated rings. The predicted octanol–water partition coefficient (Wildman–Crippen LogP) is 2.30. The molecule has 2 aromatic rings. The van der Waals surface area contributed by atoms with Crippen molar-refractivity contribution in [1.29, 1.82) is 0 Å². The molecule has 2 rings (SSSR count). The fourth-order valence-corrected chi connectivity index (χ4v) is 1.92. The van der Waals surface area contributed by atoms with Crippen LogP contribution in [0.5, 0.6) is 11.5 Å². The van der Waals surface area contributed by atoms with Gasteiger partial charge in [-0.2, -0.15) is 0 Å². The Morgan fingerprint density at radius 1 is 0.957 bits per heavy atom. The highest BCUT2D eigenvalue weighted by atomic mass is 79.9. The van der Waals surface area contributed by atoms with Crippen molar-refractivity contribution >= 4 is 27.7 Å². The summed E-state index contributed by atoms with van der Waals surface area (Å²) in [5, 5.41) is 0. The number of rotatable bonds is 5. The molecule has 2 aromatic carbocycles. The molecule has 0 saturated carbocycles.